The first kappa shape index (κ1) is 16.8. The van der Waals surface area contributed by atoms with Gasteiger partial charge in [-0.15, -0.1) is 6.58 Å². The van der Waals surface area contributed by atoms with E-state index in [9.17, 15) is 4.80 Å². The number of rotatable bonds is 10. The third-order valence-corrected chi connectivity index (χ3v) is 3.67. The van der Waals surface area contributed by atoms with E-state index in [4.69, 9.17) is 13.3 Å². The molecule has 0 spiro atoms. The van der Waals surface area contributed by atoms with Crippen LogP contribution in [-0.4, -0.2) is 58.7 Å². The molecule has 0 fully saturated rings. The van der Waals surface area contributed by atoms with Gasteiger partial charge in [0.15, 0.2) is 0 Å². The van der Waals surface area contributed by atoms with Crippen LogP contribution in [0.3, 0.4) is 0 Å². The molecular weight excluding hydrogens is 238 g/mol. The molecule has 0 bridgehead atoms. The Morgan fingerprint density at radius 2 is 2.00 bits per heavy atom. The van der Waals surface area contributed by atoms with E-state index in [2.05, 4.69) is 11.5 Å². The maximum atomic E-state index is 10.1. The van der Waals surface area contributed by atoms with Crippen LogP contribution < -0.4 is 0 Å². The molecule has 0 radical (unpaired) electrons. The van der Waals surface area contributed by atoms with Gasteiger partial charge in [0.2, 0.25) is 0 Å². The second kappa shape index (κ2) is 8.79. The second-order valence-corrected chi connectivity index (χ2v) is 6.16. The molecule has 17 heavy (non-hydrogen) atoms. The van der Waals surface area contributed by atoms with Crippen molar-refractivity contribution >= 4 is 9.05 Å². The fraction of sp³-hybridized carbons (Fsp3) is 0.818. The summed E-state index contributed by atoms with van der Waals surface area (Å²) in [6.45, 7) is 8.74. The van der Waals surface area contributed by atoms with E-state index < -0.39 is 9.05 Å². The van der Waals surface area contributed by atoms with Crippen LogP contribution in [0, 0.1) is 0 Å². The fourth-order valence-corrected chi connectivity index (χ4v) is 2.70. The zero-order valence-corrected chi connectivity index (χ0v) is 12.3. The van der Waals surface area contributed by atoms with Gasteiger partial charge in [-0.2, -0.15) is 0 Å². The highest BCUT2D eigenvalue weighted by Gasteiger charge is 2.41. The lowest BCUT2D eigenvalue weighted by Crippen LogP contribution is -2.48. The van der Waals surface area contributed by atoms with Crippen LogP contribution in [0.2, 0.25) is 0 Å². The topological polar surface area (TPSA) is 51.2 Å². The van der Waals surface area contributed by atoms with Gasteiger partial charge >= 0.3 is 9.05 Å². The molecule has 0 aromatic heterocycles. The van der Waals surface area contributed by atoms with Crippen molar-refractivity contribution in [3.05, 3.63) is 12.7 Å². The third kappa shape index (κ3) is 9.46. The Hall–Kier alpha value is -0.243. The van der Waals surface area contributed by atoms with Gasteiger partial charge < -0.3 is 23.0 Å². The molecule has 1 unspecified atom stereocenters. The van der Waals surface area contributed by atoms with Crippen LogP contribution in [0.25, 0.3) is 0 Å². The van der Waals surface area contributed by atoms with E-state index in [1.807, 2.05) is 27.9 Å². The van der Waals surface area contributed by atoms with E-state index >= 15 is 0 Å². The maximum absolute atomic E-state index is 10.1. The van der Waals surface area contributed by atoms with Crippen molar-refractivity contribution < 1.29 is 18.1 Å². The standard InChI is InChI=1S/C11H25NO4Si/c1-6-9-14-17(13,16-11(2)3)15-10-7-8-12(4)5/h6,11,13H,1,7-10H2,2-5H3. The SMILES string of the molecule is C=CCO[Si](O)(OCCCN(C)C)OC(C)C. The quantitative estimate of drug-likeness (QED) is 0.362. The van der Waals surface area contributed by atoms with E-state index in [0.717, 1.165) is 13.0 Å². The Morgan fingerprint density at radius 3 is 2.47 bits per heavy atom. The zero-order chi connectivity index (χ0) is 13.3. The molecule has 0 rings (SSSR count). The number of hydrogen-bond donors (Lipinski definition) is 1. The summed E-state index contributed by atoms with van der Waals surface area (Å²) in [5.41, 5.74) is 0. The summed E-state index contributed by atoms with van der Waals surface area (Å²) < 4.78 is 15.9. The summed E-state index contributed by atoms with van der Waals surface area (Å²) in [7, 11) is 0.482. The predicted molar refractivity (Wildman–Crippen MR) is 69.5 cm³/mol. The van der Waals surface area contributed by atoms with Crippen molar-refractivity contribution in [2.24, 2.45) is 0 Å². The Labute approximate surface area is 105 Å². The van der Waals surface area contributed by atoms with Crippen LogP contribution >= 0.6 is 0 Å². The molecule has 0 aromatic rings. The first-order valence-electron chi connectivity index (χ1n) is 5.83. The largest absolute Gasteiger partial charge is 0.677 e. The normalized spacial score (nSPS) is 15.2. The monoisotopic (exact) mass is 263 g/mol. The highest BCUT2D eigenvalue weighted by atomic mass is 28.4. The third-order valence-electron chi connectivity index (χ3n) is 1.80. The molecule has 0 heterocycles. The lowest BCUT2D eigenvalue weighted by molar-refractivity contribution is -0.0201. The minimum atomic E-state index is -3.50. The van der Waals surface area contributed by atoms with Gasteiger partial charge in [0.25, 0.3) is 0 Å². The fourth-order valence-electron chi connectivity index (χ4n) is 1.15. The number of hydrogen-bond acceptors (Lipinski definition) is 5. The average molecular weight is 263 g/mol. The van der Waals surface area contributed by atoms with Gasteiger partial charge in [-0.3, -0.25) is 0 Å². The molecule has 6 heteroatoms. The summed E-state index contributed by atoms with van der Waals surface area (Å²) in [5.74, 6) is 0. The van der Waals surface area contributed by atoms with Gasteiger partial charge in [0.1, 0.15) is 0 Å². The van der Waals surface area contributed by atoms with Gasteiger partial charge in [0.05, 0.1) is 6.61 Å². The molecule has 0 saturated heterocycles. The minimum Gasteiger partial charge on any atom is -0.367 e. The van der Waals surface area contributed by atoms with Crippen molar-refractivity contribution in [3.8, 4) is 0 Å². The van der Waals surface area contributed by atoms with Crippen LogP contribution in [-0.2, 0) is 13.3 Å². The van der Waals surface area contributed by atoms with E-state index in [1.165, 1.54) is 0 Å². The second-order valence-electron chi connectivity index (χ2n) is 4.30. The van der Waals surface area contributed by atoms with Crippen LogP contribution in [0.4, 0.5) is 0 Å². The molecule has 0 aliphatic rings. The zero-order valence-electron chi connectivity index (χ0n) is 11.3. The summed E-state index contributed by atoms with van der Waals surface area (Å²) >= 11 is 0. The molecule has 1 atom stereocenters. The number of nitrogens with zero attached hydrogens (tertiary/aromatic N) is 1. The summed E-state index contributed by atoms with van der Waals surface area (Å²) in [6, 6.07) is 0. The maximum Gasteiger partial charge on any atom is 0.677 e. The van der Waals surface area contributed by atoms with E-state index in [1.54, 1.807) is 6.08 Å². The molecule has 5 nitrogen and oxygen atoms in total. The van der Waals surface area contributed by atoms with Gasteiger partial charge in [-0.1, -0.05) is 6.08 Å². The van der Waals surface area contributed by atoms with Crippen LogP contribution in [0.5, 0.6) is 0 Å². The van der Waals surface area contributed by atoms with Gasteiger partial charge in [0, 0.05) is 12.7 Å². The average Bonchev–Trinajstić information content (AvgIpc) is 2.20. The molecule has 0 aliphatic carbocycles. The lowest BCUT2D eigenvalue weighted by Gasteiger charge is -2.24. The van der Waals surface area contributed by atoms with Crippen molar-refractivity contribution in [1.29, 1.82) is 0 Å². The van der Waals surface area contributed by atoms with E-state index in [0.29, 0.717) is 6.61 Å². The smallest absolute Gasteiger partial charge is 0.367 e. The molecule has 0 amide bonds. The highest BCUT2D eigenvalue weighted by Crippen LogP contribution is 2.09. The first-order valence-corrected chi connectivity index (χ1v) is 7.50. The highest BCUT2D eigenvalue weighted by molar-refractivity contribution is 6.52. The minimum absolute atomic E-state index is 0.134. The molecule has 0 saturated carbocycles. The van der Waals surface area contributed by atoms with Gasteiger partial charge in [-0.05, 0) is 40.9 Å². The predicted octanol–water partition coefficient (Wildman–Crippen LogP) is 1.01. The molecule has 0 aromatic carbocycles. The summed E-state index contributed by atoms with van der Waals surface area (Å²) in [6.07, 6.45) is 2.25. The van der Waals surface area contributed by atoms with Gasteiger partial charge in [-0.25, -0.2) is 0 Å². The molecule has 1 N–H and O–H groups in total. The first-order chi connectivity index (χ1) is 7.89. The summed E-state index contributed by atoms with van der Waals surface area (Å²) in [5, 5.41) is 0. The Balaban J connectivity index is 4.04. The Kier molecular flexibility index (Phi) is 8.66. The van der Waals surface area contributed by atoms with Crippen molar-refractivity contribution in [2.45, 2.75) is 26.4 Å². The van der Waals surface area contributed by atoms with Crippen molar-refractivity contribution in [3.63, 3.8) is 0 Å². The van der Waals surface area contributed by atoms with Crippen molar-refractivity contribution in [1.82, 2.24) is 4.90 Å². The molecule has 0 aliphatic heterocycles. The van der Waals surface area contributed by atoms with Crippen LogP contribution in [0.1, 0.15) is 20.3 Å². The lowest BCUT2D eigenvalue weighted by atomic mass is 10.4. The molecular formula is C11H25NO4Si. The summed E-state index contributed by atoms with van der Waals surface area (Å²) in [4.78, 5) is 12.1. The van der Waals surface area contributed by atoms with Crippen LogP contribution in [0.15, 0.2) is 12.7 Å². The Morgan fingerprint density at radius 1 is 1.35 bits per heavy atom. The molecule has 102 valence electrons. The Bertz CT molecular complexity index is 214. The van der Waals surface area contributed by atoms with E-state index in [-0.39, 0.29) is 12.7 Å². The van der Waals surface area contributed by atoms with Crippen molar-refractivity contribution in [2.75, 3.05) is 33.9 Å².